The first-order chi connectivity index (χ1) is 8.93. The lowest BCUT2D eigenvalue weighted by Gasteiger charge is -2.15. The minimum Gasteiger partial charge on any atom is -0.409 e. The summed E-state index contributed by atoms with van der Waals surface area (Å²) in [5, 5.41) is 14.1. The molecule has 1 atom stereocenters. The minimum absolute atomic E-state index is 0.0933. The Balaban J connectivity index is 2.63. The molecule has 0 saturated carbocycles. The Morgan fingerprint density at radius 1 is 1.42 bits per heavy atom. The number of nitrogens with zero attached hydrogens (tertiary/aromatic N) is 2. The number of amides is 1. The summed E-state index contributed by atoms with van der Waals surface area (Å²) in [4.78, 5) is 13.9. The van der Waals surface area contributed by atoms with E-state index in [-0.39, 0.29) is 17.8 Å². The van der Waals surface area contributed by atoms with E-state index >= 15 is 0 Å². The summed E-state index contributed by atoms with van der Waals surface area (Å²) in [5.74, 6) is -0.0840. The molecule has 0 radical (unpaired) electrons. The van der Waals surface area contributed by atoms with E-state index in [1.165, 1.54) is 0 Å². The molecule has 1 aromatic carbocycles. The second-order valence-corrected chi connectivity index (χ2v) is 4.61. The molecule has 1 unspecified atom stereocenters. The van der Waals surface area contributed by atoms with E-state index in [1.54, 1.807) is 19.1 Å². The monoisotopic (exact) mass is 264 g/mol. The van der Waals surface area contributed by atoms with Gasteiger partial charge in [0.1, 0.15) is 5.84 Å². The molecule has 1 aromatic rings. The predicted molar refractivity (Wildman–Crippen MR) is 75.7 cm³/mol. The molecule has 0 aliphatic heterocycles. The van der Waals surface area contributed by atoms with Crippen LogP contribution in [0, 0.1) is 0 Å². The number of amidine groups is 1. The second-order valence-electron chi connectivity index (χ2n) is 4.61. The van der Waals surface area contributed by atoms with E-state index in [4.69, 9.17) is 10.9 Å². The Morgan fingerprint density at radius 3 is 2.47 bits per heavy atom. The maximum atomic E-state index is 11.9. The topological polar surface area (TPSA) is 91.0 Å². The van der Waals surface area contributed by atoms with Gasteiger partial charge in [-0.05, 0) is 31.2 Å². The highest BCUT2D eigenvalue weighted by Crippen LogP contribution is 2.12. The maximum Gasteiger partial charge on any atom is 0.251 e. The van der Waals surface area contributed by atoms with E-state index in [1.807, 2.05) is 31.1 Å². The lowest BCUT2D eigenvalue weighted by Crippen LogP contribution is -2.35. The molecule has 6 nitrogen and oxygen atoms in total. The molecule has 0 spiro atoms. The van der Waals surface area contributed by atoms with E-state index in [0.717, 1.165) is 5.69 Å². The smallest absolute Gasteiger partial charge is 0.251 e. The number of oxime groups is 1. The van der Waals surface area contributed by atoms with Gasteiger partial charge in [0, 0.05) is 37.8 Å². The molecule has 104 valence electrons. The van der Waals surface area contributed by atoms with E-state index in [2.05, 4.69) is 10.5 Å². The molecule has 0 saturated heterocycles. The van der Waals surface area contributed by atoms with Crippen molar-refractivity contribution in [3.05, 3.63) is 29.8 Å². The molecule has 0 fully saturated rings. The van der Waals surface area contributed by atoms with Gasteiger partial charge >= 0.3 is 0 Å². The summed E-state index contributed by atoms with van der Waals surface area (Å²) < 4.78 is 0. The van der Waals surface area contributed by atoms with Crippen LogP contribution in [0.2, 0.25) is 0 Å². The molecule has 0 aromatic heterocycles. The van der Waals surface area contributed by atoms with Crippen LogP contribution >= 0.6 is 0 Å². The predicted octanol–water partition coefficient (Wildman–Crippen LogP) is 1.01. The van der Waals surface area contributed by atoms with Crippen LogP contribution in [0.25, 0.3) is 0 Å². The number of nitrogens with two attached hydrogens (primary N) is 1. The van der Waals surface area contributed by atoms with Gasteiger partial charge in [-0.15, -0.1) is 0 Å². The van der Waals surface area contributed by atoms with Gasteiger partial charge in [-0.25, -0.2) is 0 Å². The zero-order chi connectivity index (χ0) is 14.4. The number of hydrogen-bond donors (Lipinski definition) is 3. The molecule has 0 heterocycles. The molecular weight excluding hydrogens is 244 g/mol. The van der Waals surface area contributed by atoms with Crippen LogP contribution in [0.3, 0.4) is 0 Å². The van der Waals surface area contributed by atoms with E-state index in [9.17, 15) is 4.79 Å². The number of hydrogen-bond acceptors (Lipinski definition) is 4. The number of nitrogens with one attached hydrogen (secondary N) is 1. The largest absolute Gasteiger partial charge is 0.409 e. The SMILES string of the molecule is CC(CC(N)=NO)NC(=O)c1ccc(N(C)C)cc1. The summed E-state index contributed by atoms with van der Waals surface area (Å²) in [6, 6.07) is 7.09. The van der Waals surface area contributed by atoms with Gasteiger partial charge in [0.05, 0.1) is 0 Å². The molecule has 4 N–H and O–H groups in total. The third-order valence-electron chi connectivity index (χ3n) is 2.67. The van der Waals surface area contributed by atoms with Crippen molar-refractivity contribution in [2.75, 3.05) is 19.0 Å². The molecular formula is C13H20N4O2. The molecule has 19 heavy (non-hydrogen) atoms. The van der Waals surface area contributed by atoms with Crippen molar-refractivity contribution in [3.63, 3.8) is 0 Å². The average molecular weight is 264 g/mol. The first-order valence-corrected chi connectivity index (χ1v) is 5.98. The standard InChI is InChI=1S/C13H20N4O2/c1-9(8-12(14)16-19)15-13(18)10-4-6-11(7-5-10)17(2)3/h4-7,9,19H,8H2,1-3H3,(H2,14,16)(H,15,18). The van der Waals surface area contributed by atoms with Gasteiger partial charge in [0.2, 0.25) is 0 Å². The Kier molecular flexibility index (Phi) is 5.17. The summed E-state index contributed by atoms with van der Waals surface area (Å²) in [7, 11) is 3.88. The number of carbonyl (C=O) groups excluding carboxylic acids is 1. The first-order valence-electron chi connectivity index (χ1n) is 5.98. The van der Waals surface area contributed by atoms with Crippen molar-refractivity contribution >= 4 is 17.4 Å². The van der Waals surface area contributed by atoms with Crippen molar-refractivity contribution in [1.29, 1.82) is 0 Å². The highest BCUT2D eigenvalue weighted by molar-refractivity contribution is 5.95. The van der Waals surface area contributed by atoms with Gasteiger partial charge in [-0.1, -0.05) is 5.16 Å². The van der Waals surface area contributed by atoms with Gasteiger partial charge in [-0.2, -0.15) is 0 Å². The van der Waals surface area contributed by atoms with Crippen LogP contribution in [-0.2, 0) is 0 Å². The van der Waals surface area contributed by atoms with Crippen molar-refractivity contribution in [2.45, 2.75) is 19.4 Å². The number of benzene rings is 1. The van der Waals surface area contributed by atoms with Gasteiger partial charge in [-0.3, -0.25) is 4.79 Å². The fraction of sp³-hybridized carbons (Fsp3) is 0.385. The Morgan fingerprint density at radius 2 is 2.00 bits per heavy atom. The lowest BCUT2D eigenvalue weighted by molar-refractivity contribution is 0.0941. The third kappa shape index (κ3) is 4.50. The molecule has 0 aliphatic carbocycles. The van der Waals surface area contributed by atoms with Crippen LogP contribution in [0.15, 0.2) is 29.4 Å². The summed E-state index contributed by atoms with van der Waals surface area (Å²) >= 11 is 0. The lowest BCUT2D eigenvalue weighted by atomic mass is 10.1. The van der Waals surface area contributed by atoms with Crippen LogP contribution in [0.1, 0.15) is 23.7 Å². The molecule has 0 bridgehead atoms. The van der Waals surface area contributed by atoms with Crippen LogP contribution in [0.5, 0.6) is 0 Å². The Hall–Kier alpha value is -2.24. The molecule has 6 heteroatoms. The van der Waals surface area contributed by atoms with Crippen molar-refractivity contribution in [2.24, 2.45) is 10.9 Å². The summed E-state index contributed by atoms with van der Waals surface area (Å²) in [5.41, 5.74) is 6.99. The first kappa shape index (κ1) is 14.8. The van der Waals surface area contributed by atoms with Crippen molar-refractivity contribution < 1.29 is 10.0 Å². The number of anilines is 1. The van der Waals surface area contributed by atoms with Crippen LogP contribution < -0.4 is 16.0 Å². The van der Waals surface area contributed by atoms with Gasteiger partial charge < -0.3 is 21.2 Å². The van der Waals surface area contributed by atoms with E-state index in [0.29, 0.717) is 12.0 Å². The number of carbonyl (C=O) groups is 1. The highest BCUT2D eigenvalue weighted by atomic mass is 16.4. The zero-order valence-electron chi connectivity index (χ0n) is 11.4. The molecule has 0 aliphatic rings. The molecule has 1 amide bonds. The highest BCUT2D eigenvalue weighted by Gasteiger charge is 2.11. The van der Waals surface area contributed by atoms with Crippen molar-refractivity contribution in [3.8, 4) is 0 Å². The summed E-state index contributed by atoms with van der Waals surface area (Å²) in [6.45, 7) is 1.80. The van der Waals surface area contributed by atoms with E-state index < -0.39 is 0 Å². The average Bonchev–Trinajstić information content (AvgIpc) is 2.38. The summed E-state index contributed by atoms with van der Waals surface area (Å²) in [6.07, 6.45) is 0.304. The Bertz CT molecular complexity index is 454. The Labute approximate surface area is 112 Å². The normalized spacial score (nSPS) is 12.9. The maximum absolute atomic E-state index is 11.9. The fourth-order valence-electron chi connectivity index (χ4n) is 1.62. The number of rotatable bonds is 5. The van der Waals surface area contributed by atoms with Crippen molar-refractivity contribution in [1.82, 2.24) is 5.32 Å². The van der Waals surface area contributed by atoms with Crippen LogP contribution in [-0.4, -0.2) is 37.1 Å². The quantitative estimate of drug-likeness (QED) is 0.320. The van der Waals surface area contributed by atoms with Gasteiger partial charge in [0.25, 0.3) is 5.91 Å². The van der Waals surface area contributed by atoms with Gasteiger partial charge in [0.15, 0.2) is 0 Å². The third-order valence-corrected chi connectivity index (χ3v) is 2.67. The fourth-order valence-corrected chi connectivity index (χ4v) is 1.62. The van der Waals surface area contributed by atoms with Crippen LogP contribution in [0.4, 0.5) is 5.69 Å². The second kappa shape index (κ2) is 6.63. The minimum atomic E-state index is -0.197. The zero-order valence-corrected chi connectivity index (χ0v) is 11.4. The molecule has 1 rings (SSSR count).